The van der Waals surface area contributed by atoms with E-state index in [2.05, 4.69) is 5.32 Å². The summed E-state index contributed by atoms with van der Waals surface area (Å²) in [5.41, 5.74) is 2.18. The SMILES string of the molecule is c1cc(CNCc2cccc3c2OCO3)c2c(c1)OCO2. The van der Waals surface area contributed by atoms with Crippen LogP contribution in [0.1, 0.15) is 11.1 Å². The topological polar surface area (TPSA) is 49.0 Å². The van der Waals surface area contributed by atoms with Gasteiger partial charge in [0, 0.05) is 24.2 Å². The number of fused-ring (bicyclic) bond motifs is 2. The van der Waals surface area contributed by atoms with Crippen LogP contribution in [0.15, 0.2) is 36.4 Å². The maximum atomic E-state index is 5.50. The molecule has 1 N–H and O–H groups in total. The average Bonchev–Trinajstić information content (AvgIpc) is 3.16. The summed E-state index contributed by atoms with van der Waals surface area (Å²) in [5, 5.41) is 3.41. The zero-order chi connectivity index (χ0) is 14.1. The predicted molar refractivity (Wildman–Crippen MR) is 75.7 cm³/mol. The zero-order valence-electron chi connectivity index (χ0n) is 11.4. The van der Waals surface area contributed by atoms with Crippen molar-refractivity contribution in [2.75, 3.05) is 13.6 Å². The lowest BCUT2D eigenvalue weighted by Gasteiger charge is -2.09. The minimum Gasteiger partial charge on any atom is -0.454 e. The molecule has 4 rings (SSSR count). The molecule has 0 saturated heterocycles. The Morgan fingerprint density at radius 1 is 0.714 bits per heavy atom. The van der Waals surface area contributed by atoms with Crippen molar-refractivity contribution in [2.45, 2.75) is 13.1 Å². The maximum Gasteiger partial charge on any atom is 0.231 e. The number of ether oxygens (including phenoxy) is 4. The summed E-state index contributed by atoms with van der Waals surface area (Å²) in [5.74, 6) is 3.30. The van der Waals surface area contributed by atoms with Crippen molar-refractivity contribution in [3.8, 4) is 23.0 Å². The van der Waals surface area contributed by atoms with Gasteiger partial charge in [0.15, 0.2) is 23.0 Å². The monoisotopic (exact) mass is 285 g/mol. The highest BCUT2D eigenvalue weighted by molar-refractivity contribution is 5.49. The fourth-order valence-corrected chi connectivity index (χ4v) is 2.59. The van der Waals surface area contributed by atoms with Gasteiger partial charge in [-0.25, -0.2) is 0 Å². The highest BCUT2D eigenvalue weighted by atomic mass is 16.7. The largest absolute Gasteiger partial charge is 0.454 e. The fraction of sp³-hybridized carbons (Fsp3) is 0.250. The normalized spacial score (nSPS) is 14.5. The molecule has 108 valence electrons. The number of benzene rings is 2. The molecule has 2 aromatic carbocycles. The van der Waals surface area contributed by atoms with Gasteiger partial charge in [0.25, 0.3) is 0 Å². The smallest absolute Gasteiger partial charge is 0.231 e. The number of para-hydroxylation sites is 2. The second-order valence-electron chi connectivity index (χ2n) is 4.91. The summed E-state index contributed by atoms with van der Waals surface area (Å²) < 4.78 is 21.8. The van der Waals surface area contributed by atoms with Crippen LogP contribution >= 0.6 is 0 Å². The van der Waals surface area contributed by atoms with Gasteiger partial charge in [0.2, 0.25) is 13.6 Å². The van der Waals surface area contributed by atoms with Crippen molar-refractivity contribution >= 4 is 0 Å². The number of nitrogens with one attached hydrogen (secondary N) is 1. The zero-order valence-corrected chi connectivity index (χ0v) is 11.4. The fourth-order valence-electron chi connectivity index (χ4n) is 2.59. The van der Waals surface area contributed by atoms with E-state index in [1.54, 1.807) is 0 Å². The molecule has 2 aromatic rings. The first-order chi connectivity index (χ1) is 10.4. The Labute approximate surface area is 122 Å². The first-order valence-electron chi connectivity index (χ1n) is 6.87. The van der Waals surface area contributed by atoms with Crippen LogP contribution in [0.2, 0.25) is 0 Å². The second kappa shape index (κ2) is 5.18. The van der Waals surface area contributed by atoms with E-state index in [-0.39, 0.29) is 0 Å². The number of hydrogen-bond acceptors (Lipinski definition) is 5. The molecule has 21 heavy (non-hydrogen) atoms. The van der Waals surface area contributed by atoms with Gasteiger partial charge >= 0.3 is 0 Å². The van der Waals surface area contributed by atoms with E-state index in [1.165, 1.54) is 0 Å². The lowest BCUT2D eigenvalue weighted by Crippen LogP contribution is -2.13. The van der Waals surface area contributed by atoms with Gasteiger partial charge in [-0.05, 0) is 12.1 Å². The summed E-state index contributed by atoms with van der Waals surface area (Å²) in [4.78, 5) is 0. The molecule has 0 atom stereocenters. The average molecular weight is 285 g/mol. The highest BCUT2D eigenvalue weighted by Crippen LogP contribution is 2.36. The van der Waals surface area contributed by atoms with Crippen LogP contribution in [-0.4, -0.2) is 13.6 Å². The van der Waals surface area contributed by atoms with Crippen LogP contribution < -0.4 is 24.3 Å². The summed E-state index contributed by atoms with van der Waals surface area (Å²) in [6.07, 6.45) is 0. The second-order valence-corrected chi connectivity index (χ2v) is 4.91. The third-order valence-electron chi connectivity index (χ3n) is 3.59. The standard InChI is InChI=1S/C16H15NO4/c1-3-11(15-13(5-1)18-9-20-15)7-17-8-12-4-2-6-14-16(12)21-10-19-14/h1-6,17H,7-10H2. The van der Waals surface area contributed by atoms with Crippen molar-refractivity contribution < 1.29 is 18.9 Å². The van der Waals surface area contributed by atoms with Gasteiger partial charge in [0.05, 0.1) is 0 Å². The van der Waals surface area contributed by atoms with E-state index in [0.717, 1.165) is 34.1 Å². The Bertz CT molecular complexity index is 614. The van der Waals surface area contributed by atoms with E-state index in [1.807, 2.05) is 36.4 Å². The predicted octanol–water partition coefficient (Wildman–Crippen LogP) is 2.43. The van der Waals surface area contributed by atoms with E-state index in [4.69, 9.17) is 18.9 Å². The molecule has 0 saturated carbocycles. The van der Waals surface area contributed by atoms with Crippen molar-refractivity contribution in [2.24, 2.45) is 0 Å². The molecule has 0 aliphatic carbocycles. The molecule has 0 fully saturated rings. The first kappa shape index (κ1) is 12.3. The minimum atomic E-state index is 0.295. The van der Waals surface area contributed by atoms with Crippen LogP contribution in [-0.2, 0) is 13.1 Å². The Morgan fingerprint density at radius 2 is 1.24 bits per heavy atom. The van der Waals surface area contributed by atoms with Gasteiger partial charge in [-0.3, -0.25) is 0 Å². The van der Waals surface area contributed by atoms with Crippen molar-refractivity contribution in [3.63, 3.8) is 0 Å². The first-order valence-corrected chi connectivity index (χ1v) is 6.87. The molecule has 2 heterocycles. The van der Waals surface area contributed by atoms with Crippen molar-refractivity contribution in [3.05, 3.63) is 47.5 Å². The Kier molecular flexibility index (Phi) is 3.05. The molecule has 0 spiro atoms. The summed E-state index contributed by atoms with van der Waals surface area (Å²) in [6, 6.07) is 11.9. The Balaban J connectivity index is 1.45. The molecule has 5 heteroatoms. The van der Waals surface area contributed by atoms with Gasteiger partial charge in [-0.1, -0.05) is 24.3 Å². The molecule has 0 unspecified atom stereocenters. The van der Waals surface area contributed by atoms with Crippen molar-refractivity contribution in [1.29, 1.82) is 0 Å². The van der Waals surface area contributed by atoms with E-state index >= 15 is 0 Å². The Hall–Kier alpha value is -2.40. The Morgan fingerprint density at radius 3 is 1.76 bits per heavy atom. The molecule has 0 aromatic heterocycles. The lowest BCUT2D eigenvalue weighted by atomic mass is 10.1. The molecule has 0 radical (unpaired) electrons. The summed E-state index contributed by atoms with van der Waals surface area (Å²) in [6.45, 7) is 2.00. The molecule has 0 amide bonds. The molecular weight excluding hydrogens is 270 g/mol. The maximum absolute atomic E-state index is 5.50. The third-order valence-corrected chi connectivity index (χ3v) is 3.59. The van der Waals surface area contributed by atoms with Gasteiger partial charge in [-0.15, -0.1) is 0 Å². The van der Waals surface area contributed by atoms with Crippen LogP contribution in [0.4, 0.5) is 0 Å². The number of rotatable bonds is 4. The third kappa shape index (κ3) is 2.25. The summed E-state index contributed by atoms with van der Waals surface area (Å²) in [7, 11) is 0. The highest BCUT2D eigenvalue weighted by Gasteiger charge is 2.18. The lowest BCUT2D eigenvalue weighted by molar-refractivity contribution is 0.173. The molecule has 2 aliphatic heterocycles. The quantitative estimate of drug-likeness (QED) is 0.935. The summed E-state index contributed by atoms with van der Waals surface area (Å²) >= 11 is 0. The van der Waals surface area contributed by atoms with E-state index in [9.17, 15) is 0 Å². The molecule has 2 aliphatic rings. The van der Waals surface area contributed by atoms with E-state index in [0.29, 0.717) is 26.7 Å². The van der Waals surface area contributed by atoms with Crippen molar-refractivity contribution in [1.82, 2.24) is 5.32 Å². The minimum absolute atomic E-state index is 0.295. The van der Waals surface area contributed by atoms with E-state index < -0.39 is 0 Å². The van der Waals surface area contributed by atoms with Crippen LogP contribution in [0, 0.1) is 0 Å². The molecular formula is C16H15NO4. The van der Waals surface area contributed by atoms with Gasteiger partial charge in [0.1, 0.15) is 0 Å². The molecule has 5 nitrogen and oxygen atoms in total. The van der Waals surface area contributed by atoms with Crippen LogP contribution in [0.25, 0.3) is 0 Å². The number of hydrogen-bond donors (Lipinski definition) is 1. The molecule has 0 bridgehead atoms. The van der Waals surface area contributed by atoms with Crippen LogP contribution in [0.5, 0.6) is 23.0 Å². The van der Waals surface area contributed by atoms with Crippen LogP contribution in [0.3, 0.4) is 0 Å². The van der Waals surface area contributed by atoms with Gasteiger partial charge < -0.3 is 24.3 Å². The van der Waals surface area contributed by atoms with Gasteiger partial charge in [-0.2, -0.15) is 0 Å².